The summed E-state index contributed by atoms with van der Waals surface area (Å²) in [6.45, 7) is 3.53. The Kier molecular flexibility index (Phi) is 2.72. The molecule has 0 atom stereocenters. The van der Waals surface area contributed by atoms with Crippen LogP contribution < -0.4 is 4.43 Å². The number of hydrogen-bond donors (Lipinski definition) is 3. The normalized spacial score (nSPS) is 11.5. The molecule has 13 heavy (non-hydrogen) atoms. The van der Waals surface area contributed by atoms with Crippen LogP contribution in [-0.2, 0) is 0 Å². The lowest BCUT2D eigenvalue weighted by atomic mass is 10.1. The summed E-state index contributed by atoms with van der Waals surface area (Å²) in [5.41, 5.74) is 1.52. The van der Waals surface area contributed by atoms with Gasteiger partial charge in [-0.1, -0.05) is 18.2 Å². The van der Waals surface area contributed by atoms with Gasteiger partial charge in [0.05, 0.1) is 0 Å². The van der Waals surface area contributed by atoms with E-state index in [2.05, 4.69) is 4.43 Å². The molecule has 72 valence electrons. The van der Waals surface area contributed by atoms with Gasteiger partial charge < -0.3 is 18.8 Å². The Labute approximate surface area is 77.5 Å². The van der Waals surface area contributed by atoms with Crippen LogP contribution >= 0.6 is 0 Å². The van der Waals surface area contributed by atoms with Crippen molar-refractivity contribution in [2.24, 2.45) is 0 Å². The Morgan fingerprint density at radius 1 is 1.08 bits per heavy atom. The van der Waals surface area contributed by atoms with Gasteiger partial charge in [-0.25, -0.2) is 0 Å². The molecule has 0 radical (unpaired) electrons. The molecule has 1 aromatic rings. The quantitative estimate of drug-likeness (QED) is 0.592. The summed E-state index contributed by atoms with van der Waals surface area (Å²) in [5, 5.41) is 0. The van der Waals surface area contributed by atoms with Crippen molar-refractivity contribution in [3.05, 3.63) is 29.3 Å². The standard InChI is InChI=1S/C8H12O4Si/c1-6-4-3-5-7(2)8(6)12-13(9,10)11/h3-5,9-11H,1-2H3. The van der Waals surface area contributed by atoms with E-state index in [1.165, 1.54) is 0 Å². The second-order valence-corrected chi connectivity index (χ2v) is 4.25. The minimum absolute atomic E-state index is 0.335. The van der Waals surface area contributed by atoms with Crippen LogP contribution in [0, 0.1) is 13.8 Å². The van der Waals surface area contributed by atoms with E-state index in [4.69, 9.17) is 14.4 Å². The van der Waals surface area contributed by atoms with Crippen LogP contribution in [-0.4, -0.2) is 23.4 Å². The topological polar surface area (TPSA) is 69.9 Å². The van der Waals surface area contributed by atoms with Crippen LogP contribution in [0.5, 0.6) is 5.75 Å². The number of rotatable bonds is 2. The van der Waals surface area contributed by atoms with E-state index in [1.807, 2.05) is 6.07 Å². The van der Waals surface area contributed by atoms with Crippen molar-refractivity contribution in [3.63, 3.8) is 0 Å². The molecule has 1 aromatic carbocycles. The van der Waals surface area contributed by atoms with Crippen molar-refractivity contribution in [2.45, 2.75) is 13.8 Å². The van der Waals surface area contributed by atoms with Crippen LogP contribution in [0.4, 0.5) is 0 Å². The number of para-hydroxylation sites is 1. The summed E-state index contributed by atoms with van der Waals surface area (Å²) in [5.74, 6) is 0.335. The van der Waals surface area contributed by atoms with Gasteiger partial charge in [0.15, 0.2) is 0 Å². The van der Waals surface area contributed by atoms with Gasteiger partial charge in [0, 0.05) is 0 Å². The zero-order valence-electron chi connectivity index (χ0n) is 7.48. The molecule has 0 bridgehead atoms. The number of aryl methyl sites for hydroxylation is 2. The maximum Gasteiger partial charge on any atom is 0.741 e. The highest BCUT2D eigenvalue weighted by Crippen LogP contribution is 2.23. The molecule has 0 aliphatic carbocycles. The number of benzene rings is 1. The summed E-state index contributed by atoms with van der Waals surface area (Å²) in [6.07, 6.45) is 0. The summed E-state index contributed by atoms with van der Waals surface area (Å²) in [7, 11) is -4.46. The molecule has 0 heterocycles. The largest absolute Gasteiger partial charge is 0.741 e. The lowest BCUT2D eigenvalue weighted by Crippen LogP contribution is -2.42. The van der Waals surface area contributed by atoms with Gasteiger partial charge >= 0.3 is 9.05 Å². The Morgan fingerprint density at radius 2 is 1.54 bits per heavy atom. The van der Waals surface area contributed by atoms with Gasteiger partial charge in [-0.15, -0.1) is 0 Å². The maximum absolute atomic E-state index is 8.75. The molecular formula is C8H12O4Si. The third kappa shape index (κ3) is 2.82. The predicted molar refractivity (Wildman–Crippen MR) is 49.0 cm³/mol. The molecule has 0 aromatic heterocycles. The van der Waals surface area contributed by atoms with Crippen LogP contribution in [0.15, 0.2) is 18.2 Å². The van der Waals surface area contributed by atoms with Crippen molar-refractivity contribution < 1.29 is 18.8 Å². The number of hydrogen-bond acceptors (Lipinski definition) is 4. The summed E-state index contributed by atoms with van der Waals surface area (Å²) < 4.78 is 4.67. The average molecular weight is 200 g/mol. The van der Waals surface area contributed by atoms with E-state index in [9.17, 15) is 0 Å². The minimum Gasteiger partial charge on any atom is -0.480 e. The second kappa shape index (κ2) is 3.47. The second-order valence-electron chi connectivity index (χ2n) is 2.90. The highest BCUT2D eigenvalue weighted by Gasteiger charge is 2.34. The predicted octanol–water partition coefficient (Wildman–Crippen LogP) is 0.0947. The van der Waals surface area contributed by atoms with E-state index in [-0.39, 0.29) is 0 Å². The van der Waals surface area contributed by atoms with E-state index in [0.29, 0.717) is 5.75 Å². The zero-order chi connectivity index (χ0) is 10.1. The highest BCUT2D eigenvalue weighted by atomic mass is 28.4. The third-order valence-corrected chi connectivity index (χ3v) is 2.13. The van der Waals surface area contributed by atoms with Crippen molar-refractivity contribution in [1.82, 2.24) is 0 Å². The first kappa shape index (κ1) is 10.2. The van der Waals surface area contributed by atoms with E-state index < -0.39 is 9.05 Å². The summed E-state index contributed by atoms with van der Waals surface area (Å²) >= 11 is 0. The Morgan fingerprint density at radius 3 is 1.92 bits per heavy atom. The van der Waals surface area contributed by atoms with Gasteiger partial charge in [0.25, 0.3) is 0 Å². The molecule has 0 fully saturated rings. The fourth-order valence-electron chi connectivity index (χ4n) is 1.10. The monoisotopic (exact) mass is 200 g/mol. The van der Waals surface area contributed by atoms with Crippen molar-refractivity contribution in [3.8, 4) is 5.75 Å². The van der Waals surface area contributed by atoms with Gasteiger partial charge in [-0.3, -0.25) is 0 Å². The van der Waals surface area contributed by atoms with Gasteiger partial charge in [-0.05, 0) is 25.0 Å². The van der Waals surface area contributed by atoms with Crippen LogP contribution in [0.3, 0.4) is 0 Å². The highest BCUT2D eigenvalue weighted by molar-refractivity contribution is 6.49. The Bertz CT molecular complexity index is 285. The first-order valence-corrected chi connectivity index (χ1v) is 5.57. The first-order valence-electron chi connectivity index (χ1n) is 3.82. The summed E-state index contributed by atoms with van der Waals surface area (Å²) in [6, 6.07) is 5.36. The SMILES string of the molecule is Cc1cccc(C)c1O[Si](O)(O)O. The average Bonchev–Trinajstić information content (AvgIpc) is 1.95. The molecule has 0 aliphatic heterocycles. The molecule has 3 N–H and O–H groups in total. The summed E-state index contributed by atoms with van der Waals surface area (Å²) in [4.78, 5) is 26.2. The molecule has 4 nitrogen and oxygen atoms in total. The fourth-order valence-corrected chi connectivity index (χ4v) is 1.69. The first-order chi connectivity index (χ1) is 5.90. The molecule has 5 heteroatoms. The van der Waals surface area contributed by atoms with Crippen molar-refractivity contribution in [2.75, 3.05) is 0 Å². The molecule has 0 unspecified atom stereocenters. The minimum atomic E-state index is -4.46. The molecule has 0 aliphatic rings. The molecule has 1 rings (SSSR count). The zero-order valence-corrected chi connectivity index (χ0v) is 8.48. The van der Waals surface area contributed by atoms with E-state index >= 15 is 0 Å². The van der Waals surface area contributed by atoms with Gasteiger partial charge in [-0.2, -0.15) is 0 Å². The molecule has 0 amide bonds. The van der Waals surface area contributed by atoms with E-state index in [0.717, 1.165) is 11.1 Å². The smallest absolute Gasteiger partial charge is 0.480 e. The molecule has 0 saturated carbocycles. The van der Waals surface area contributed by atoms with Crippen LogP contribution in [0.1, 0.15) is 11.1 Å². The lowest BCUT2D eigenvalue weighted by molar-refractivity contribution is 0.127. The maximum atomic E-state index is 8.75. The fraction of sp³-hybridized carbons (Fsp3) is 0.250. The van der Waals surface area contributed by atoms with E-state index in [1.54, 1.807) is 26.0 Å². The van der Waals surface area contributed by atoms with Gasteiger partial charge in [0.1, 0.15) is 5.75 Å². The Hall–Kier alpha value is -0.883. The molecule has 0 spiro atoms. The Balaban J connectivity index is 3.00. The van der Waals surface area contributed by atoms with Crippen LogP contribution in [0.25, 0.3) is 0 Å². The van der Waals surface area contributed by atoms with Gasteiger partial charge in [0.2, 0.25) is 0 Å². The van der Waals surface area contributed by atoms with Crippen molar-refractivity contribution >= 4 is 9.05 Å². The lowest BCUT2D eigenvalue weighted by Gasteiger charge is -2.15. The third-order valence-electron chi connectivity index (χ3n) is 1.65. The van der Waals surface area contributed by atoms with Crippen molar-refractivity contribution in [1.29, 1.82) is 0 Å². The molecular weight excluding hydrogens is 188 g/mol. The van der Waals surface area contributed by atoms with Crippen LogP contribution in [0.2, 0.25) is 0 Å². The molecule has 0 saturated heterocycles.